The molecule has 11 heteroatoms. The van der Waals surface area contributed by atoms with Crippen LogP contribution in [0.2, 0.25) is 0 Å². The molecule has 1 atom stereocenters. The van der Waals surface area contributed by atoms with E-state index >= 15 is 0 Å². The molecule has 2 aliphatic heterocycles. The summed E-state index contributed by atoms with van der Waals surface area (Å²) in [6, 6.07) is 2.53. The van der Waals surface area contributed by atoms with Gasteiger partial charge in [0.15, 0.2) is 5.75 Å². The van der Waals surface area contributed by atoms with Gasteiger partial charge in [-0.05, 0) is 39.3 Å². The molecule has 1 unspecified atom stereocenters. The number of aromatic carboxylic acids is 1. The number of piperazine rings is 1. The van der Waals surface area contributed by atoms with Gasteiger partial charge < -0.3 is 29.7 Å². The molecule has 2 fully saturated rings. The largest absolute Gasteiger partial charge is 0.478 e. The van der Waals surface area contributed by atoms with Gasteiger partial charge in [0.1, 0.15) is 5.60 Å². The van der Waals surface area contributed by atoms with Crippen molar-refractivity contribution in [2.75, 3.05) is 31.1 Å². The molecule has 11 nitrogen and oxygen atoms in total. The molecule has 190 valence electrons. The number of hydrogen-bond donors (Lipinski definition) is 3. The second-order valence-electron chi connectivity index (χ2n) is 9.37. The minimum atomic E-state index is -1.14. The van der Waals surface area contributed by atoms with Gasteiger partial charge in [-0.25, -0.2) is 9.59 Å². The molecule has 3 amide bonds. The van der Waals surface area contributed by atoms with Gasteiger partial charge in [-0.3, -0.25) is 14.9 Å². The number of ether oxygens (including phenoxy) is 2. The van der Waals surface area contributed by atoms with E-state index in [4.69, 9.17) is 9.47 Å². The van der Waals surface area contributed by atoms with Crippen molar-refractivity contribution in [2.45, 2.75) is 51.8 Å². The highest BCUT2D eigenvalue weighted by Gasteiger charge is 2.30. The van der Waals surface area contributed by atoms with Crippen molar-refractivity contribution in [1.82, 2.24) is 15.5 Å². The van der Waals surface area contributed by atoms with E-state index in [1.807, 2.05) is 25.7 Å². The summed E-state index contributed by atoms with van der Waals surface area (Å²) in [5.41, 5.74) is 0.446. The Labute approximate surface area is 204 Å². The SMILES string of the molecule is C=COc1c(N2CCN(C(=O)OC(C)(C)C)CC2)ccc(C(=O)O)c1CNC1CCC(=O)NC1=O. The van der Waals surface area contributed by atoms with Crippen LogP contribution in [0, 0.1) is 0 Å². The highest BCUT2D eigenvalue weighted by Crippen LogP contribution is 2.36. The van der Waals surface area contributed by atoms with Crippen molar-refractivity contribution >= 4 is 29.6 Å². The Morgan fingerprint density at radius 2 is 1.91 bits per heavy atom. The first-order valence-electron chi connectivity index (χ1n) is 11.5. The molecule has 0 aromatic heterocycles. The number of imide groups is 1. The standard InChI is InChI=1S/C24H32N4O7/c1-5-34-20-16(14-25-17-7-9-19(29)26-21(17)30)15(22(31)32)6-8-18(20)27-10-12-28(13-11-27)23(33)35-24(2,3)4/h5-6,8,17,25H,1,7,9-14H2,2-4H3,(H,31,32)(H,26,29,30). The average molecular weight is 489 g/mol. The molecule has 35 heavy (non-hydrogen) atoms. The van der Waals surface area contributed by atoms with E-state index in [-0.39, 0.29) is 30.5 Å². The summed E-state index contributed by atoms with van der Waals surface area (Å²) in [7, 11) is 0. The predicted molar refractivity (Wildman–Crippen MR) is 127 cm³/mol. The monoisotopic (exact) mass is 488 g/mol. The third kappa shape index (κ3) is 6.50. The van der Waals surface area contributed by atoms with Crippen molar-refractivity contribution in [3.63, 3.8) is 0 Å². The number of carbonyl (C=O) groups is 4. The van der Waals surface area contributed by atoms with Gasteiger partial charge in [0, 0.05) is 44.7 Å². The molecule has 1 aromatic rings. The molecule has 3 N–H and O–H groups in total. The fourth-order valence-electron chi connectivity index (χ4n) is 4.03. The summed E-state index contributed by atoms with van der Waals surface area (Å²) < 4.78 is 11.1. The van der Waals surface area contributed by atoms with Crippen molar-refractivity contribution in [3.8, 4) is 5.75 Å². The minimum Gasteiger partial charge on any atom is -0.478 e. The molecule has 3 rings (SSSR count). The second-order valence-corrected chi connectivity index (χ2v) is 9.37. The van der Waals surface area contributed by atoms with E-state index in [1.54, 1.807) is 11.0 Å². The quantitative estimate of drug-likeness (QED) is 0.388. The highest BCUT2D eigenvalue weighted by molar-refractivity contribution is 6.00. The van der Waals surface area contributed by atoms with Crippen LogP contribution in [0.4, 0.5) is 10.5 Å². The molecular formula is C24H32N4O7. The number of anilines is 1. The number of amides is 3. The molecule has 2 aliphatic rings. The number of carboxylic acids is 1. The summed E-state index contributed by atoms with van der Waals surface area (Å²) in [5, 5.41) is 15.1. The average Bonchev–Trinajstić information content (AvgIpc) is 2.78. The molecule has 0 spiro atoms. The number of nitrogens with zero attached hydrogens (tertiary/aromatic N) is 2. The zero-order chi connectivity index (χ0) is 25.8. The van der Waals surface area contributed by atoms with Crippen molar-refractivity contribution in [2.24, 2.45) is 0 Å². The first-order chi connectivity index (χ1) is 16.5. The number of hydrogen-bond acceptors (Lipinski definition) is 8. The van der Waals surface area contributed by atoms with Crippen LogP contribution in [0.5, 0.6) is 5.75 Å². The first-order valence-corrected chi connectivity index (χ1v) is 11.5. The number of piperidine rings is 1. The van der Waals surface area contributed by atoms with Gasteiger partial charge in [-0.2, -0.15) is 0 Å². The number of nitrogens with one attached hydrogen (secondary N) is 2. The van der Waals surface area contributed by atoms with Crippen LogP contribution in [0.1, 0.15) is 49.5 Å². The summed E-state index contributed by atoms with van der Waals surface area (Å²) in [5.74, 6) is -1.60. The molecule has 2 saturated heterocycles. The fraction of sp³-hybridized carbons (Fsp3) is 0.500. The first kappa shape index (κ1) is 26.0. The van der Waals surface area contributed by atoms with Crippen molar-refractivity contribution in [3.05, 3.63) is 36.1 Å². The van der Waals surface area contributed by atoms with Crippen LogP contribution in [0.25, 0.3) is 0 Å². The van der Waals surface area contributed by atoms with Crippen LogP contribution < -0.4 is 20.3 Å². The lowest BCUT2D eigenvalue weighted by Crippen LogP contribution is -2.50. The Kier molecular flexibility index (Phi) is 8.00. The Morgan fingerprint density at radius 1 is 1.23 bits per heavy atom. The van der Waals surface area contributed by atoms with Crippen molar-refractivity contribution in [1.29, 1.82) is 0 Å². The Morgan fingerprint density at radius 3 is 2.49 bits per heavy atom. The second kappa shape index (κ2) is 10.8. The molecule has 0 radical (unpaired) electrons. The van der Waals surface area contributed by atoms with E-state index < -0.39 is 23.5 Å². The van der Waals surface area contributed by atoms with Crippen LogP contribution >= 0.6 is 0 Å². The lowest BCUT2D eigenvalue weighted by molar-refractivity contribution is -0.134. The van der Waals surface area contributed by atoms with Gasteiger partial charge >= 0.3 is 12.1 Å². The Balaban J connectivity index is 1.81. The fourth-order valence-corrected chi connectivity index (χ4v) is 4.03. The third-order valence-electron chi connectivity index (χ3n) is 5.71. The summed E-state index contributed by atoms with van der Waals surface area (Å²) in [4.78, 5) is 51.5. The Bertz CT molecular complexity index is 1010. The number of carboxylic acid groups (broad SMARTS) is 1. The van der Waals surface area contributed by atoms with Gasteiger partial charge in [0.25, 0.3) is 0 Å². The molecule has 0 saturated carbocycles. The summed E-state index contributed by atoms with van der Waals surface area (Å²) >= 11 is 0. The smallest absolute Gasteiger partial charge is 0.410 e. The lowest BCUT2D eigenvalue weighted by Gasteiger charge is -2.37. The number of carbonyl (C=O) groups excluding carboxylic acids is 3. The molecular weight excluding hydrogens is 456 g/mol. The normalized spacial score (nSPS) is 18.7. The maximum Gasteiger partial charge on any atom is 0.410 e. The third-order valence-corrected chi connectivity index (χ3v) is 5.71. The van der Waals surface area contributed by atoms with E-state index in [1.165, 1.54) is 12.3 Å². The molecule has 2 heterocycles. The van der Waals surface area contributed by atoms with Gasteiger partial charge in [-0.15, -0.1) is 0 Å². The van der Waals surface area contributed by atoms with Crippen molar-refractivity contribution < 1.29 is 33.8 Å². The number of rotatable bonds is 7. The molecule has 0 aliphatic carbocycles. The van der Waals surface area contributed by atoms with E-state index in [0.717, 1.165) is 0 Å². The minimum absolute atomic E-state index is 0.0257. The van der Waals surface area contributed by atoms with Crippen LogP contribution in [0.3, 0.4) is 0 Å². The van der Waals surface area contributed by atoms with Crippen LogP contribution in [-0.2, 0) is 20.9 Å². The van der Waals surface area contributed by atoms with E-state index in [2.05, 4.69) is 17.2 Å². The summed E-state index contributed by atoms with van der Waals surface area (Å²) in [6.45, 7) is 10.9. The lowest BCUT2D eigenvalue weighted by atomic mass is 10.0. The van der Waals surface area contributed by atoms with Crippen LogP contribution in [0.15, 0.2) is 25.0 Å². The van der Waals surface area contributed by atoms with Gasteiger partial charge in [0.2, 0.25) is 11.8 Å². The zero-order valence-corrected chi connectivity index (χ0v) is 20.3. The summed E-state index contributed by atoms with van der Waals surface area (Å²) in [6.07, 6.45) is 1.36. The van der Waals surface area contributed by atoms with Gasteiger partial charge in [-0.1, -0.05) is 6.58 Å². The topological polar surface area (TPSA) is 138 Å². The van der Waals surface area contributed by atoms with E-state index in [0.29, 0.717) is 49.6 Å². The number of benzene rings is 1. The molecule has 1 aromatic carbocycles. The maximum absolute atomic E-state index is 12.4. The molecule has 0 bridgehead atoms. The highest BCUT2D eigenvalue weighted by atomic mass is 16.6. The van der Waals surface area contributed by atoms with E-state index in [9.17, 15) is 24.3 Å². The van der Waals surface area contributed by atoms with Crippen LogP contribution in [-0.4, -0.2) is 71.7 Å². The zero-order valence-electron chi connectivity index (χ0n) is 20.3. The maximum atomic E-state index is 12.4. The Hall–Kier alpha value is -3.60. The predicted octanol–water partition coefficient (Wildman–Crippen LogP) is 1.86. The van der Waals surface area contributed by atoms with Gasteiger partial charge in [0.05, 0.1) is 23.6 Å².